The van der Waals surface area contributed by atoms with Crippen LogP contribution in [-0.2, 0) is 6.54 Å². The summed E-state index contributed by atoms with van der Waals surface area (Å²) in [5.74, 6) is 0.862. The number of likely N-dealkylation sites (tertiary alicyclic amines) is 1. The van der Waals surface area contributed by atoms with Crippen LogP contribution in [0.3, 0.4) is 0 Å². The minimum Gasteiger partial charge on any atom is -0.338 e. The molecule has 0 radical (unpaired) electrons. The van der Waals surface area contributed by atoms with Crippen molar-refractivity contribution < 1.29 is 4.79 Å². The first-order valence-corrected chi connectivity index (χ1v) is 14.5. The Kier molecular flexibility index (Phi) is 6.65. The summed E-state index contributed by atoms with van der Waals surface area (Å²) in [7, 11) is 0. The van der Waals surface area contributed by atoms with E-state index in [1.54, 1.807) is 32.6 Å². The fourth-order valence-electron chi connectivity index (χ4n) is 4.88. The first-order chi connectivity index (χ1) is 18.0. The van der Waals surface area contributed by atoms with Crippen molar-refractivity contribution in [1.29, 1.82) is 0 Å². The van der Waals surface area contributed by atoms with Gasteiger partial charge in [-0.15, -0.1) is 11.3 Å². The first kappa shape index (κ1) is 24.4. The zero-order chi connectivity index (χ0) is 25.5. The van der Waals surface area contributed by atoms with Crippen molar-refractivity contribution in [2.45, 2.75) is 37.4 Å². The van der Waals surface area contributed by atoms with Crippen LogP contribution in [0.15, 0.2) is 64.7 Å². The highest BCUT2D eigenvalue weighted by molar-refractivity contribution is 7.99. The third kappa shape index (κ3) is 4.74. The van der Waals surface area contributed by atoms with Gasteiger partial charge in [0.1, 0.15) is 5.56 Å². The standard InChI is InChI=1S/C28H25ClN4O2S2/c1-17-2-4-19(5-3-17)24-23(18-6-8-21(29)9-7-18)31-25(37-24)20-10-12-32(13-11-20)26(34)22-16-30-28-33(27(22)35)14-15-36-28/h2-9,16,20H,10-15H2,1H3. The van der Waals surface area contributed by atoms with Crippen LogP contribution in [0.1, 0.15) is 39.7 Å². The molecule has 1 amide bonds. The minimum atomic E-state index is -0.225. The highest BCUT2D eigenvalue weighted by atomic mass is 35.5. The smallest absolute Gasteiger partial charge is 0.267 e. The summed E-state index contributed by atoms with van der Waals surface area (Å²) in [6.45, 7) is 3.88. The van der Waals surface area contributed by atoms with Crippen molar-refractivity contribution in [3.63, 3.8) is 0 Å². The molecule has 6 rings (SSSR count). The molecule has 0 atom stereocenters. The molecule has 0 aliphatic carbocycles. The van der Waals surface area contributed by atoms with E-state index < -0.39 is 0 Å². The number of aryl methyl sites for hydroxylation is 1. The Morgan fingerprint density at radius 1 is 1.00 bits per heavy atom. The number of halogens is 1. The molecule has 37 heavy (non-hydrogen) atoms. The summed E-state index contributed by atoms with van der Waals surface area (Å²) < 4.78 is 1.62. The lowest BCUT2D eigenvalue weighted by Gasteiger charge is -2.31. The molecule has 1 saturated heterocycles. The molecular weight excluding hydrogens is 524 g/mol. The molecule has 0 unspecified atom stereocenters. The molecule has 1 fully saturated rings. The number of benzene rings is 2. The van der Waals surface area contributed by atoms with Gasteiger partial charge in [-0.05, 0) is 37.5 Å². The number of rotatable bonds is 4. The average molecular weight is 549 g/mol. The topological polar surface area (TPSA) is 68.1 Å². The Morgan fingerprint density at radius 2 is 1.70 bits per heavy atom. The Labute approximate surface area is 228 Å². The van der Waals surface area contributed by atoms with Crippen molar-refractivity contribution in [3.05, 3.63) is 86.2 Å². The van der Waals surface area contributed by atoms with Crippen LogP contribution in [0, 0.1) is 6.92 Å². The van der Waals surface area contributed by atoms with Gasteiger partial charge in [0.25, 0.3) is 11.5 Å². The summed E-state index contributed by atoms with van der Waals surface area (Å²) in [5.41, 5.74) is 4.32. The minimum absolute atomic E-state index is 0.172. The average Bonchev–Trinajstić information content (AvgIpc) is 3.58. The molecule has 188 valence electrons. The molecule has 2 aliphatic rings. The van der Waals surface area contributed by atoms with E-state index in [4.69, 9.17) is 16.6 Å². The number of fused-ring (bicyclic) bond motifs is 1. The van der Waals surface area contributed by atoms with Gasteiger partial charge in [-0.1, -0.05) is 65.3 Å². The van der Waals surface area contributed by atoms with Gasteiger partial charge in [-0.2, -0.15) is 0 Å². The third-order valence-electron chi connectivity index (χ3n) is 6.99. The maximum Gasteiger partial charge on any atom is 0.267 e. The van der Waals surface area contributed by atoms with Crippen LogP contribution in [0.2, 0.25) is 5.02 Å². The zero-order valence-electron chi connectivity index (χ0n) is 20.3. The lowest BCUT2D eigenvalue weighted by Crippen LogP contribution is -2.41. The number of nitrogens with zero attached hydrogens (tertiary/aromatic N) is 4. The van der Waals surface area contributed by atoms with Gasteiger partial charge in [-0.25, -0.2) is 9.97 Å². The molecule has 6 nitrogen and oxygen atoms in total. The fraction of sp³-hybridized carbons (Fsp3) is 0.286. The van der Waals surface area contributed by atoms with Gasteiger partial charge in [0, 0.05) is 48.1 Å². The largest absolute Gasteiger partial charge is 0.338 e. The van der Waals surface area contributed by atoms with Crippen molar-refractivity contribution in [3.8, 4) is 21.7 Å². The van der Waals surface area contributed by atoms with Gasteiger partial charge < -0.3 is 4.90 Å². The second kappa shape index (κ2) is 10.1. The Morgan fingerprint density at radius 3 is 2.43 bits per heavy atom. The van der Waals surface area contributed by atoms with Crippen molar-refractivity contribution in [1.82, 2.24) is 19.4 Å². The lowest BCUT2D eigenvalue weighted by atomic mass is 9.97. The number of thiazole rings is 1. The predicted molar refractivity (Wildman–Crippen MR) is 150 cm³/mol. The van der Waals surface area contributed by atoms with Crippen molar-refractivity contribution in [2.24, 2.45) is 0 Å². The number of hydrogen-bond acceptors (Lipinski definition) is 6. The number of piperidine rings is 1. The summed E-state index contributed by atoms with van der Waals surface area (Å²) >= 11 is 9.43. The number of hydrogen-bond donors (Lipinski definition) is 0. The molecule has 2 aromatic carbocycles. The van der Waals surface area contributed by atoms with E-state index in [2.05, 4.69) is 36.2 Å². The highest BCUT2D eigenvalue weighted by Crippen LogP contribution is 2.42. The van der Waals surface area contributed by atoms with Crippen LogP contribution < -0.4 is 5.56 Å². The maximum atomic E-state index is 13.2. The van der Waals surface area contributed by atoms with E-state index >= 15 is 0 Å². The number of amides is 1. The summed E-state index contributed by atoms with van der Waals surface area (Å²) in [6, 6.07) is 16.4. The molecule has 4 aromatic rings. The van der Waals surface area contributed by atoms with Gasteiger partial charge in [-0.3, -0.25) is 14.2 Å². The van der Waals surface area contributed by atoms with Crippen LogP contribution in [0.25, 0.3) is 21.7 Å². The third-order valence-corrected chi connectivity index (χ3v) is 9.48. The number of carbonyl (C=O) groups excluding carboxylic acids is 1. The van der Waals surface area contributed by atoms with E-state index in [9.17, 15) is 9.59 Å². The molecule has 9 heteroatoms. The van der Waals surface area contributed by atoms with Crippen LogP contribution in [0.5, 0.6) is 0 Å². The molecule has 0 bridgehead atoms. The number of thioether (sulfide) groups is 1. The summed E-state index contributed by atoms with van der Waals surface area (Å²) in [6.07, 6.45) is 3.07. The molecular formula is C28H25ClN4O2S2. The Bertz CT molecular complexity index is 1460. The number of aromatic nitrogens is 3. The monoisotopic (exact) mass is 548 g/mol. The molecule has 2 aromatic heterocycles. The van der Waals surface area contributed by atoms with Gasteiger partial charge >= 0.3 is 0 Å². The number of carbonyl (C=O) groups is 1. The van der Waals surface area contributed by atoms with Crippen LogP contribution >= 0.6 is 34.7 Å². The zero-order valence-corrected chi connectivity index (χ0v) is 22.7. The second-order valence-corrected chi connectivity index (χ2v) is 12.0. The van der Waals surface area contributed by atoms with Gasteiger partial charge in [0.2, 0.25) is 0 Å². The molecule has 2 aliphatic heterocycles. The van der Waals surface area contributed by atoms with E-state index in [1.807, 2.05) is 24.3 Å². The first-order valence-electron chi connectivity index (χ1n) is 12.3. The molecule has 0 saturated carbocycles. The van der Waals surface area contributed by atoms with E-state index in [1.165, 1.54) is 11.8 Å². The van der Waals surface area contributed by atoms with E-state index in [0.29, 0.717) is 29.8 Å². The predicted octanol–water partition coefficient (Wildman–Crippen LogP) is 6.12. The Hall–Kier alpha value is -2.94. The molecule has 4 heterocycles. The van der Waals surface area contributed by atoms with Gasteiger partial charge in [0.05, 0.1) is 15.6 Å². The molecule has 0 N–H and O–H groups in total. The SMILES string of the molecule is Cc1ccc(-c2sc(C3CCN(C(=O)c4cnc5n(c4=O)CCS5)CC3)nc2-c2ccc(Cl)cc2)cc1. The summed E-state index contributed by atoms with van der Waals surface area (Å²) in [4.78, 5) is 38.4. The highest BCUT2D eigenvalue weighted by Gasteiger charge is 2.30. The maximum absolute atomic E-state index is 13.2. The quantitative estimate of drug-likeness (QED) is 0.287. The lowest BCUT2D eigenvalue weighted by molar-refractivity contribution is 0.0709. The molecule has 0 spiro atoms. The van der Waals surface area contributed by atoms with Crippen molar-refractivity contribution in [2.75, 3.05) is 18.8 Å². The van der Waals surface area contributed by atoms with Crippen molar-refractivity contribution >= 4 is 40.6 Å². The van der Waals surface area contributed by atoms with Crippen LogP contribution in [0.4, 0.5) is 0 Å². The normalized spacial score (nSPS) is 15.7. The Balaban J connectivity index is 1.24. The fourth-order valence-corrected chi connectivity index (χ4v) is 7.18. The van der Waals surface area contributed by atoms with Crippen LogP contribution in [-0.4, -0.2) is 44.2 Å². The summed E-state index contributed by atoms with van der Waals surface area (Å²) in [5, 5.41) is 2.49. The second-order valence-electron chi connectivity index (χ2n) is 9.43. The van der Waals surface area contributed by atoms with E-state index in [0.717, 1.165) is 45.3 Å². The van der Waals surface area contributed by atoms with E-state index in [-0.39, 0.29) is 22.9 Å². The van der Waals surface area contributed by atoms with Gasteiger partial charge in [0.15, 0.2) is 5.16 Å².